The first kappa shape index (κ1) is 12.8. The molecule has 18 heavy (non-hydrogen) atoms. The standard InChI is InChI=1S/C12H14N2O4/c15-6-10(16)12(18)11(17)9-5-13-7-3-1-2-4-8(7)14-9/h1-5,10-12,15-18H,6H2/t10-,11+,12-/m1/s1. The van der Waals surface area contributed by atoms with Gasteiger partial charge in [0, 0.05) is 0 Å². The maximum Gasteiger partial charge on any atom is 0.126 e. The number of aliphatic hydroxyl groups is 4. The van der Waals surface area contributed by atoms with Crippen molar-refractivity contribution in [3.05, 3.63) is 36.2 Å². The molecule has 0 aliphatic heterocycles. The highest BCUT2D eigenvalue weighted by Crippen LogP contribution is 2.18. The molecular formula is C12H14N2O4. The Hall–Kier alpha value is -1.60. The van der Waals surface area contributed by atoms with Gasteiger partial charge in [-0.25, -0.2) is 4.98 Å². The fourth-order valence-electron chi connectivity index (χ4n) is 1.61. The number of fused-ring (bicyclic) bond motifs is 1. The average Bonchev–Trinajstić information content (AvgIpc) is 2.44. The minimum Gasteiger partial charge on any atom is -0.394 e. The molecule has 0 saturated carbocycles. The first-order valence-corrected chi connectivity index (χ1v) is 5.50. The molecule has 0 fully saturated rings. The maximum absolute atomic E-state index is 9.83. The third kappa shape index (κ3) is 2.46. The van der Waals surface area contributed by atoms with Crippen LogP contribution in [0.3, 0.4) is 0 Å². The molecule has 96 valence electrons. The van der Waals surface area contributed by atoms with Gasteiger partial charge in [0.15, 0.2) is 0 Å². The van der Waals surface area contributed by atoms with Gasteiger partial charge in [-0.05, 0) is 12.1 Å². The molecule has 0 radical (unpaired) electrons. The van der Waals surface area contributed by atoms with Crippen LogP contribution in [-0.2, 0) is 0 Å². The summed E-state index contributed by atoms with van der Waals surface area (Å²) in [5.74, 6) is 0. The predicted octanol–water partition coefficient (Wildman–Crippen LogP) is -0.623. The lowest BCUT2D eigenvalue weighted by atomic mass is 10.1. The van der Waals surface area contributed by atoms with Crippen molar-refractivity contribution < 1.29 is 20.4 Å². The van der Waals surface area contributed by atoms with Crippen LogP contribution in [0, 0.1) is 0 Å². The molecule has 1 aromatic carbocycles. The van der Waals surface area contributed by atoms with E-state index in [1.165, 1.54) is 6.20 Å². The lowest BCUT2D eigenvalue weighted by Gasteiger charge is -2.20. The van der Waals surface area contributed by atoms with Gasteiger partial charge < -0.3 is 20.4 Å². The van der Waals surface area contributed by atoms with E-state index < -0.39 is 24.9 Å². The van der Waals surface area contributed by atoms with Crippen LogP contribution in [0.5, 0.6) is 0 Å². The Bertz CT molecular complexity index is 534. The van der Waals surface area contributed by atoms with Crippen LogP contribution >= 0.6 is 0 Å². The van der Waals surface area contributed by atoms with Crippen LogP contribution in [0.4, 0.5) is 0 Å². The molecule has 0 saturated heterocycles. The molecule has 0 aliphatic rings. The van der Waals surface area contributed by atoms with Gasteiger partial charge in [0.25, 0.3) is 0 Å². The normalized spacial score (nSPS) is 16.4. The van der Waals surface area contributed by atoms with Gasteiger partial charge in [0.2, 0.25) is 0 Å². The summed E-state index contributed by atoms with van der Waals surface area (Å²) in [5.41, 5.74) is 1.40. The van der Waals surface area contributed by atoms with E-state index in [1.54, 1.807) is 18.2 Å². The van der Waals surface area contributed by atoms with Crippen molar-refractivity contribution in [1.82, 2.24) is 9.97 Å². The molecule has 0 aliphatic carbocycles. The first-order chi connectivity index (χ1) is 8.63. The summed E-state index contributed by atoms with van der Waals surface area (Å²) in [6.07, 6.45) is -3.00. The van der Waals surface area contributed by atoms with Crippen molar-refractivity contribution in [2.75, 3.05) is 6.61 Å². The van der Waals surface area contributed by atoms with E-state index >= 15 is 0 Å². The fourth-order valence-corrected chi connectivity index (χ4v) is 1.61. The summed E-state index contributed by atoms with van der Waals surface area (Å²) in [6, 6.07) is 7.11. The third-order valence-electron chi connectivity index (χ3n) is 2.67. The van der Waals surface area contributed by atoms with Crippen molar-refractivity contribution in [3.8, 4) is 0 Å². The van der Waals surface area contributed by atoms with E-state index in [1.807, 2.05) is 6.07 Å². The van der Waals surface area contributed by atoms with Crippen LogP contribution in [0.1, 0.15) is 11.8 Å². The van der Waals surface area contributed by atoms with Crippen LogP contribution in [-0.4, -0.2) is 49.2 Å². The maximum atomic E-state index is 9.83. The molecule has 0 unspecified atom stereocenters. The number of para-hydroxylation sites is 2. The van der Waals surface area contributed by atoms with Gasteiger partial charge in [-0.15, -0.1) is 0 Å². The Kier molecular flexibility index (Phi) is 3.83. The van der Waals surface area contributed by atoms with Crippen molar-refractivity contribution in [2.45, 2.75) is 18.3 Å². The van der Waals surface area contributed by atoms with E-state index in [-0.39, 0.29) is 5.69 Å². The zero-order valence-electron chi connectivity index (χ0n) is 9.51. The summed E-state index contributed by atoms with van der Waals surface area (Å²) >= 11 is 0. The zero-order chi connectivity index (χ0) is 13.1. The Morgan fingerprint density at radius 1 is 1.06 bits per heavy atom. The van der Waals surface area contributed by atoms with Crippen LogP contribution in [0.2, 0.25) is 0 Å². The van der Waals surface area contributed by atoms with Gasteiger partial charge in [-0.2, -0.15) is 0 Å². The first-order valence-electron chi connectivity index (χ1n) is 5.50. The monoisotopic (exact) mass is 250 g/mol. The molecule has 3 atom stereocenters. The molecule has 6 heteroatoms. The fraction of sp³-hybridized carbons (Fsp3) is 0.333. The number of aliphatic hydroxyl groups excluding tert-OH is 4. The Morgan fingerprint density at radius 3 is 2.39 bits per heavy atom. The van der Waals surface area contributed by atoms with Gasteiger partial charge >= 0.3 is 0 Å². The molecule has 0 bridgehead atoms. The summed E-state index contributed by atoms with van der Waals surface area (Å²) in [4.78, 5) is 8.24. The quantitative estimate of drug-likeness (QED) is 0.576. The Morgan fingerprint density at radius 2 is 1.72 bits per heavy atom. The van der Waals surface area contributed by atoms with E-state index in [0.29, 0.717) is 11.0 Å². The van der Waals surface area contributed by atoms with Gasteiger partial charge in [-0.1, -0.05) is 12.1 Å². The van der Waals surface area contributed by atoms with Gasteiger partial charge in [-0.3, -0.25) is 4.98 Å². The summed E-state index contributed by atoms with van der Waals surface area (Å²) in [6.45, 7) is -0.640. The molecular weight excluding hydrogens is 236 g/mol. The minimum atomic E-state index is -1.51. The number of hydrogen-bond donors (Lipinski definition) is 4. The Labute approximate surface area is 103 Å². The zero-order valence-corrected chi connectivity index (χ0v) is 9.51. The molecule has 1 heterocycles. The summed E-state index contributed by atoms with van der Waals surface area (Å²) < 4.78 is 0. The lowest BCUT2D eigenvalue weighted by Crippen LogP contribution is -2.35. The van der Waals surface area contributed by atoms with Crippen molar-refractivity contribution in [1.29, 1.82) is 0 Å². The summed E-state index contributed by atoms with van der Waals surface area (Å²) in [7, 11) is 0. The van der Waals surface area contributed by atoms with Crippen LogP contribution in [0.15, 0.2) is 30.5 Å². The number of hydrogen-bond acceptors (Lipinski definition) is 6. The predicted molar refractivity (Wildman–Crippen MR) is 63.6 cm³/mol. The molecule has 6 nitrogen and oxygen atoms in total. The van der Waals surface area contributed by atoms with E-state index in [4.69, 9.17) is 5.11 Å². The minimum absolute atomic E-state index is 0.147. The second kappa shape index (κ2) is 5.36. The average molecular weight is 250 g/mol. The second-order valence-corrected chi connectivity index (χ2v) is 3.97. The van der Waals surface area contributed by atoms with Crippen molar-refractivity contribution in [3.63, 3.8) is 0 Å². The topological polar surface area (TPSA) is 107 Å². The largest absolute Gasteiger partial charge is 0.394 e. The SMILES string of the molecule is OC[C@@H](O)[C@@H](O)[C@@H](O)c1cnc2ccccc2n1. The number of nitrogens with zero attached hydrogens (tertiary/aromatic N) is 2. The third-order valence-corrected chi connectivity index (χ3v) is 2.67. The van der Waals surface area contributed by atoms with Crippen molar-refractivity contribution in [2.24, 2.45) is 0 Å². The van der Waals surface area contributed by atoms with Crippen molar-refractivity contribution >= 4 is 11.0 Å². The Balaban J connectivity index is 2.30. The highest BCUT2D eigenvalue weighted by Gasteiger charge is 2.26. The molecule has 0 amide bonds. The molecule has 2 aromatic rings. The summed E-state index contributed by atoms with van der Waals surface area (Å²) in [5, 5.41) is 37.4. The van der Waals surface area contributed by atoms with Gasteiger partial charge in [0.05, 0.1) is 29.5 Å². The lowest BCUT2D eigenvalue weighted by molar-refractivity contribution is -0.0789. The van der Waals surface area contributed by atoms with Crippen LogP contribution < -0.4 is 0 Å². The smallest absolute Gasteiger partial charge is 0.126 e. The molecule has 0 spiro atoms. The highest BCUT2D eigenvalue weighted by atomic mass is 16.4. The molecule has 4 N–H and O–H groups in total. The van der Waals surface area contributed by atoms with E-state index in [0.717, 1.165) is 0 Å². The van der Waals surface area contributed by atoms with E-state index in [9.17, 15) is 15.3 Å². The van der Waals surface area contributed by atoms with Gasteiger partial charge in [0.1, 0.15) is 18.3 Å². The van der Waals surface area contributed by atoms with E-state index in [2.05, 4.69) is 9.97 Å². The number of aromatic nitrogens is 2. The highest BCUT2D eigenvalue weighted by molar-refractivity contribution is 5.73. The van der Waals surface area contributed by atoms with Crippen LogP contribution in [0.25, 0.3) is 11.0 Å². The second-order valence-electron chi connectivity index (χ2n) is 3.97. The number of benzene rings is 1. The molecule has 2 rings (SSSR count). The molecule has 1 aromatic heterocycles. The number of rotatable bonds is 4.